The molecule has 1 aromatic heterocycles. The molecule has 2 N–H and O–H groups in total. The Kier molecular flexibility index (Phi) is 4.41. The molecule has 124 valence electrons. The molecule has 1 saturated heterocycles. The van der Waals surface area contributed by atoms with Crippen LogP contribution in [0.2, 0.25) is 0 Å². The zero-order chi connectivity index (χ0) is 17.1. The fraction of sp³-hybridized carbons (Fsp3) is 0.235. The van der Waals surface area contributed by atoms with E-state index in [0.29, 0.717) is 18.1 Å². The first kappa shape index (κ1) is 15.9. The van der Waals surface area contributed by atoms with E-state index >= 15 is 0 Å². The van der Waals surface area contributed by atoms with Gasteiger partial charge in [-0.1, -0.05) is 6.07 Å². The number of pyridine rings is 1. The van der Waals surface area contributed by atoms with E-state index < -0.39 is 11.8 Å². The van der Waals surface area contributed by atoms with Crippen LogP contribution in [0.4, 0.5) is 20.7 Å². The Morgan fingerprint density at radius 1 is 1.33 bits per heavy atom. The van der Waals surface area contributed by atoms with Crippen LogP contribution in [0.25, 0.3) is 0 Å². The van der Waals surface area contributed by atoms with Crippen molar-refractivity contribution in [1.29, 1.82) is 0 Å². The van der Waals surface area contributed by atoms with Crippen molar-refractivity contribution in [3.05, 3.63) is 54.0 Å². The molecule has 1 unspecified atom stereocenters. The van der Waals surface area contributed by atoms with E-state index in [0.717, 1.165) is 5.56 Å². The molecule has 1 aliphatic heterocycles. The van der Waals surface area contributed by atoms with Crippen LogP contribution in [0, 0.1) is 12.7 Å². The predicted octanol–water partition coefficient (Wildman–Crippen LogP) is 2.46. The zero-order valence-electron chi connectivity index (χ0n) is 13.1. The maximum atomic E-state index is 13.3. The van der Waals surface area contributed by atoms with Gasteiger partial charge in [-0.25, -0.2) is 14.2 Å². The van der Waals surface area contributed by atoms with Crippen molar-refractivity contribution in [3.63, 3.8) is 0 Å². The van der Waals surface area contributed by atoms with E-state index in [-0.39, 0.29) is 18.4 Å². The predicted molar refractivity (Wildman–Crippen MR) is 88.3 cm³/mol. The van der Waals surface area contributed by atoms with Crippen molar-refractivity contribution >= 4 is 23.4 Å². The Morgan fingerprint density at radius 2 is 2.17 bits per heavy atom. The second-order valence-corrected chi connectivity index (χ2v) is 5.70. The summed E-state index contributed by atoms with van der Waals surface area (Å²) in [5.41, 5.74) is 1.47. The third kappa shape index (κ3) is 3.68. The van der Waals surface area contributed by atoms with Gasteiger partial charge >= 0.3 is 6.03 Å². The molecule has 0 radical (unpaired) electrons. The molecule has 2 heterocycles. The summed E-state index contributed by atoms with van der Waals surface area (Å²) >= 11 is 0. The van der Waals surface area contributed by atoms with Gasteiger partial charge in [0, 0.05) is 24.8 Å². The van der Waals surface area contributed by atoms with Crippen molar-refractivity contribution < 1.29 is 14.0 Å². The van der Waals surface area contributed by atoms with E-state index in [4.69, 9.17) is 0 Å². The van der Waals surface area contributed by atoms with Crippen LogP contribution in [-0.2, 0) is 4.79 Å². The van der Waals surface area contributed by atoms with Crippen LogP contribution in [0.1, 0.15) is 12.0 Å². The molecular weight excluding hydrogens is 311 g/mol. The zero-order valence-corrected chi connectivity index (χ0v) is 13.1. The second-order valence-electron chi connectivity index (χ2n) is 5.70. The number of nitrogens with zero attached hydrogens (tertiary/aromatic N) is 2. The van der Waals surface area contributed by atoms with Crippen LogP contribution in [0.15, 0.2) is 42.6 Å². The third-order valence-electron chi connectivity index (χ3n) is 3.74. The maximum Gasteiger partial charge on any atom is 0.320 e. The average Bonchev–Trinajstić information content (AvgIpc) is 2.87. The Morgan fingerprint density at radius 3 is 2.92 bits per heavy atom. The largest absolute Gasteiger partial charge is 0.333 e. The molecule has 24 heavy (non-hydrogen) atoms. The first-order valence-electron chi connectivity index (χ1n) is 7.57. The van der Waals surface area contributed by atoms with Crippen LogP contribution in [-0.4, -0.2) is 29.5 Å². The number of hydrogen-bond donors (Lipinski definition) is 2. The third-order valence-corrected chi connectivity index (χ3v) is 3.74. The SMILES string of the molecule is Cc1ccnc(NC(=O)NC2CC(=O)N(c3cccc(F)c3)C2)c1. The Balaban J connectivity index is 1.61. The molecule has 0 aliphatic carbocycles. The number of anilines is 2. The highest BCUT2D eigenvalue weighted by molar-refractivity contribution is 5.97. The summed E-state index contributed by atoms with van der Waals surface area (Å²) in [5.74, 6) is -0.113. The summed E-state index contributed by atoms with van der Waals surface area (Å²) in [7, 11) is 0. The van der Waals surface area contributed by atoms with Gasteiger partial charge < -0.3 is 10.2 Å². The molecule has 1 fully saturated rings. The quantitative estimate of drug-likeness (QED) is 0.909. The van der Waals surface area contributed by atoms with E-state index in [2.05, 4.69) is 15.6 Å². The van der Waals surface area contributed by atoms with Crippen molar-refractivity contribution in [1.82, 2.24) is 10.3 Å². The molecule has 0 spiro atoms. The van der Waals surface area contributed by atoms with Gasteiger partial charge in [0.25, 0.3) is 0 Å². The molecule has 6 nitrogen and oxygen atoms in total. The molecule has 1 aromatic carbocycles. The minimum absolute atomic E-state index is 0.153. The summed E-state index contributed by atoms with van der Waals surface area (Å²) in [6.45, 7) is 2.20. The highest BCUT2D eigenvalue weighted by atomic mass is 19.1. The minimum atomic E-state index is -0.424. The van der Waals surface area contributed by atoms with Crippen molar-refractivity contribution in [2.24, 2.45) is 0 Å². The number of urea groups is 1. The molecule has 1 aliphatic rings. The highest BCUT2D eigenvalue weighted by Crippen LogP contribution is 2.22. The summed E-state index contributed by atoms with van der Waals surface area (Å²) in [5, 5.41) is 5.38. The van der Waals surface area contributed by atoms with Crippen LogP contribution < -0.4 is 15.5 Å². The van der Waals surface area contributed by atoms with Crippen molar-refractivity contribution in [2.75, 3.05) is 16.8 Å². The number of halogens is 1. The Labute approximate surface area is 138 Å². The van der Waals surface area contributed by atoms with E-state index in [9.17, 15) is 14.0 Å². The lowest BCUT2D eigenvalue weighted by molar-refractivity contribution is -0.117. The lowest BCUT2D eigenvalue weighted by atomic mass is 10.2. The van der Waals surface area contributed by atoms with Gasteiger partial charge in [0.2, 0.25) is 5.91 Å². The minimum Gasteiger partial charge on any atom is -0.333 e. The Hall–Kier alpha value is -2.96. The number of amides is 3. The number of rotatable bonds is 3. The van der Waals surface area contributed by atoms with Gasteiger partial charge in [0.1, 0.15) is 11.6 Å². The number of carbonyl (C=O) groups excluding carboxylic acids is 2. The number of aromatic nitrogens is 1. The summed E-state index contributed by atoms with van der Waals surface area (Å²) < 4.78 is 13.3. The number of benzene rings is 1. The van der Waals surface area contributed by atoms with E-state index in [1.165, 1.54) is 17.0 Å². The van der Waals surface area contributed by atoms with Crippen molar-refractivity contribution in [3.8, 4) is 0 Å². The first-order chi connectivity index (χ1) is 11.5. The monoisotopic (exact) mass is 328 g/mol. The lowest BCUT2D eigenvalue weighted by Gasteiger charge is -2.17. The topological polar surface area (TPSA) is 74.3 Å². The average molecular weight is 328 g/mol. The fourth-order valence-electron chi connectivity index (χ4n) is 2.64. The van der Waals surface area contributed by atoms with Gasteiger partial charge in [-0.05, 0) is 42.8 Å². The van der Waals surface area contributed by atoms with Crippen LogP contribution >= 0.6 is 0 Å². The molecule has 3 rings (SSSR count). The molecule has 3 amide bonds. The highest BCUT2D eigenvalue weighted by Gasteiger charge is 2.31. The molecule has 0 bridgehead atoms. The van der Waals surface area contributed by atoms with E-state index in [1.54, 1.807) is 24.4 Å². The first-order valence-corrected chi connectivity index (χ1v) is 7.57. The number of nitrogens with one attached hydrogen (secondary N) is 2. The fourth-order valence-corrected chi connectivity index (χ4v) is 2.64. The summed E-state index contributed by atoms with van der Waals surface area (Å²) in [6.07, 6.45) is 1.78. The standard InChI is InChI=1S/C17H17FN4O2/c1-11-5-6-19-15(7-11)21-17(24)20-13-9-16(23)22(10-13)14-4-2-3-12(18)8-14/h2-8,13H,9-10H2,1H3,(H2,19,20,21,24). The number of aryl methyl sites for hydroxylation is 1. The molecule has 2 aromatic rings. The maximum absolute atomic E-state index is 13.3. The molecule has 1 atom stereocenters. The van der Waals surface area contributed by atoms with Crippen LogP contribution in [0.3, 0.4) is 0 Å². The smallest absolute Gasteiger partial charge is 0.320 e. The van der Waals surface area contributed by atoms with Gasteiger partial charge in [-0.3, -0.25) is 10.1 Å². The number of hydrogen-bond acceptors (Lipinski definition) is 3. The van der Waals surface area contributed by atoms with Crippen LogP contribution in [0.5, 0.6) is 0 Å². The lowest BCUT2D eigenvalue weighted by Crippen LogP contribution is -2.39. The normalized spacial score (nSPS) is 17.0. The van der Waals surface area contributed by atoms with Gasteiger partial charge in [-0.2, -0.15) is 0 Å². The van der Waals surface area contributed by atoms with E-state index in [1.807, 2.05) is 13.0 Å². The molecule has 0 saturated carbocycles. The number of carbonyl (C=O) groups is 2. The van der Waals surface area contributed by atoms with Gasteiger partial charge in [0.05, 0.1) is 6.04 Å². The second kappa shape index (κ2) is 6.66. The Bertz CT molecular complexity index is 781. The van der Waals surface area contributed by atoms with Gasteiger partial charge in [-0.15, -0.1) is 0 Å². The molecule has 7 heteroatoms. The van der Waals surface area contributed by atoms with Gasteiger partial charge in [0.15, 0.2) is 0 Å². The van der Waals surface area contributed by atoms with Crippen molar-refractivity contribution in [2.45, 2.75) is 19.4 Å². The summed E-state index contributed by atoms with van der Waals surface area (Å²) in [6, 6.07) is 8.65. The molecular formula is C17H17FN4O2. The summed E-state index contributed by atoms with van der Waals surface area (Å²) in [4.78, 5) is 29.7.